The number of fused-ring (bicyclic) bond motifs is 1. The van der Waals surface area contributed by atoms with Crippen molar-refractivity contribution < 1.29 is 4.79 Å². The Balaban J connectivity index is 1.90. The van der Waals surface area contributed by atoms with Gasteiger partial charge in [0.2, 0.25) is 0 Å². The van der Waals surface area contributed by atoms with E-state index in [1.807, 2.05) is 42.6 Å². The van der Waals surface area contributed by atoms with Crippen molar-refractivity contribution in [1.82, 2.24) is 4.98 Å². The van der Waals surface area contributed by atoms with E-state index in [1.54, 1.807) is 11.3 Å². The number of pyridine rings is 1. The number of hydrogen-bond donors (Lipinski definition) is 0. The number of nitrogens with zero attached hydrogens (tertiary/aromatic N) is 1. The van der Waals surface area contributed by atoms with Gasteiger partial charge in [-0.15, -0.1) is 0 Å². The van der Waals surface area contributed by atoms with Gasteiger partial charge in [0.05, 0.1) is 5.52 Å². The molecular formula is C17H15NOS. The number of benzene rings is 1. The lowest BCUT2D eigenvalue weighted by Crippen LogP contribution is -2.03. The second-order valence-electron chi connectivity index (χ2n) is 4.88. The van der Waals surface area contributed by atoms with Crippen LogP contribution >= 0.6 is 11.3 Å². The molecule has 0 radical (unpaired) electrons. The van der Waals surface area contributed by atoms with Crippen LogP contribution < -0.4 is 0 Å². The molecule has 3 heteroatoms. The van der Waals surface area contributed by atoms with Crippen LogP contribution in [0.4, 0.5) is 0 Å². The van der Waals surface area contributed by atoms with Gasteiger partial charge in [-0.2, -0.15) is 11.3 Å². The molecule has 0 spiro atoms. The van der Waals surface area contributed by atoms with Crippen LogP contribution in [0, 0.1) is 6.92 Å². The third-order valence-corrected chi connectivity index (χ3v) is 4.10. The van der Waals surface area contributed by atoms with Gasteiger partial charge >= 0.3 is 0 Å². The number of thiophene rings is 1. The van der Waals surface area contributed by atoms with Crippen molar-refractivity contribution in [3.05, 3.63) is 64.0 Å². The molecule has 0 bridgehead atoms. The standard InChI is InChI=1S/C17H15NOS/c1-12-10-15(14-4-2-3-5-16(14)18-12)17(19)7-6-13-8-9-20-11-13/h2-5,8-11H,6-7H2,1H3. The van der Waals surface area contributed by atoms with E-state index < -0.39 is 0 Å². The highest BCUT2D eigenvalue weighted by molar-refractivity contribution is 7.07. The average Bonchev–Trinajstić information content (AvgIpc) is 2.97. The highest BCUT2D eigenvalue weighted by atomic mass is 32.1. The monoisotopic (exact) mass is 281 g/mol. The van der Waals surface area contributed by atoms with Crippen LogP contribution in [-0.4, -0.2) is 10.8 Å². The number of carbonyl (C=O) groups excluding carboxylic acids is 1. The van der Waals surface area contributed by atoms with Crippen molar-refractivity contribution in [2.45, 2.75) is 19.8 Å². The Morgan fingerprint density at radius 1 is 1.25 bits per heavy atom. The number of rotatable bonds is 4. The molecule has 2 heterocycles. The lowest BCUT2D eigenvalue weighted by molar-refractivity contribution is 0.0984. The summed E-state index contributed by atoms with van der Waals surface area (Å²) >= 11 is 1.67. The first-order valence-electron chi connectivity index (χ1n) is 6.65. The zero-order valence-corrected chi connectivity index (χ0v) is 12.1. The fourth-order valence-corrected chi connectivity index (χ4v) is 3.07. The first-order valence-corrected chi connectivity index (χ1v) is 7.59. The third-order valence-electron chi connectivity index (χ3n) is 3.37. The summed E-state index contributed by atoms with van der Waals surface area (Å²) in [6.45, 7) is 1.93. The topological polar surface area (TPSA) is 30.0 Å². The molecular weight excluding hydrogens is 266 g/mol. The van der Waals surface area contributed by atoms with Crippen molar-refractivity contribution in [3.63, 3.8) is 0 Å². The molecule has 0 saturated carbocycles. The van der Waals surface area contributed by atoms with Crippen LogP contribution in [0.15, 0.2) is 47.2 Å². The van der Waals surface area contributed by atoms with Gasteiger partial charge in [-0.25, -0.2) is 0 Å². The van der Waals surface area contributed by atoms with Crippen LogP contribution in [-0.2, 0) is 6.42 Å². The average molecular weight is 281 g/mol. The Labute approximate surface area is 122 Å². The number of ketones is 1. The quantitative estimate of drug-likeness (QED) is 0.663. The number of aryl methyl sites for hydroxylation is 2. The number of carbonyl (C=O) groups is 1. The molecule has 2 nitrogen and oxygen atoms in total. The Hall–Kier alpha value is -2.00. The van der Waals surface area contributed by atoms with E-state index in [1.165, 1.54) is 5.56 Å². The number of Topliss-reactive ketones (excluding diaryl/α,β-unsaturated/α-hetero) is 1. The summed E-state index contributed by atoms with van der Waals surface area (Å²) in [7, 11) is 0. The SMILES string of the molecule is Cc1cc(C(=O)CCc2ccsc2)c2ccccc2n1. The molecule has 0 unspecified atom stereocenters. The summed E-state index contributed by atoms with van der Waals surface area (Å²) in [6, 6.07) is 11.8. The maximum absolute atomic E-state index is 12.5. The molecule has 0 amide bonds. The first kappa shape index (κ1) is 13.0. The van der Waals surface area contributed by atoms with Crippen molar-refractivity contribution in [3.8, 4) is 0 Å². The maximum atomic E-state index is 12.5. The molecule has 0 atom stereocenters. The van der Waals surface area contributed by atoms with Crippen LogP contribution in [0.3, 0.4) is 0 Å². The van der Waals surface area contributed by atoms with Crippen molar-refractivity contribution in [2.24, 2.45) is 0 Å². The van der Waals surface area contributed by atoms with Crippen LogP contribution in [0.1, 0.15) is 28.0 Å². The first-order chi connectivity index (χ1) is 9.74. The minimum Gasteiger partial charge on any atom is -0.294 e. The van der Waals surface area contributed by atoms with Gasteiger partial charge in [-0.1, -0.05) is 18.2 Å². The predicted molar refractivity (Wildman–Crippen MR) is 83.5 cm³/mol. The van der Waals surface area contributed by atoms with Crippen molar-refractivity contribution >= 4 is 28.0 Å². The third kappa shape index (κ3) is 2.63. The van der Waals surface area contributed by atoms with Gasteiger partial charge in [0.1, 0.15) is 0 Å². The Morgan fingerprint density at radius 3 is 2.90 bits per heavy atom. The normalized spacial score (nSPS) is 10.8. The number of aromatic nitrogens is 1. The number of hydrogen-bond acceptors (Lipinski definition) is 3. The minimum absolute atomic E-state index is 0.193. The fourth-order valence-electron chi connectivity index (χ4n) is 2.37. The maximum Gasteiger partial charge on any atom is 0.163 e. The molecule has 0 saturated heterocycles. The van der Waals surface area contributed by atoms with Gasteiger partial charge in [-0.05, 0) is 47.9 Å². The smallest absolute Gasteiger partial charge is 0.163 e. The molecule has 0 aliphatic heterocycles. The zero-order chi connectivity index (χ0) is 13.9. The Kier molecular flexibility index (Phi) is 3.61. The summed E-state index contributed by atoms with van der Waals surface area (Å²) in [5.74, 6) is 0.193. The molecule has 0 N–H and O–H groups in total. The van der Waals surface area contributed by atoms with Gasteiger partial charge in [0.15, 0.2) is 5.78 Å². The lowest BCUT2D eigenvalue weighted by Gasteiger charge is -2.06. The van der Waals surface area contributed by atoms with E-state index in [9.17, 15) is 4.79 Å². The van der Waals surface area contributed by atoms with E-state index in [2.05, 4.69) is 16.4 Å². The summed E-state index contributed by atoms with van der Waals surface area (Å²) < 4.78 is 0. The van der Waals surface area contributed by atoms with Crippen LogP contribution in [0.5, 0.6) is 0 Å². The van der Waals surface area contributed by atoms with E-state index in [0.29, 0.717) is 6.42 Å². The summed E-state index contributed by atoms with van der Waals surface area (Å²) in [5.41, 5.74) is 3.82. The zero-order valence-electron chi connectivity index (χ0n) is 11.3. The van der Waals surface area contributed by atoms with Gasteiger partial charge in [0.25, 0.3) is 0 Å². The molecule has 3 aromatic rings. The fraction of sp³-hybridized carbons (Fsp3) is 0.176. The van der Waals surface area contributed by atoms with Gasteiger partial charge in [-0.3, -0.25) is 9.78 Å². The van der Waals surface area contributed by atoms with E-state index in [0.717, 1.165) is 28.6 Å². The Morgan fingerprint density at radius 2 is 2.10 bits per heavy atom. The second kappa shape index (κ2) is 5.55. The summed E-state index contributed by atoms with van der Waals surface area (Å²) in [5, 5.41) is 5.10. The van der Waals surface area contributed by atoms with Crippen molar-refractivity contribution in [2.75, 3.05) is 0 Å². The molecule has 2 aromatic heterocycles. The Bertz CT molecular complexity index is 747. The molecule has 0 aliphatic rings. The van der Waals surface area contributed by atoms with E-state index in [-0.39, 0.29) is 5.78 Å². The molecule has 3 rings (SSSR count). The summed E-state index contributed by atoms with van der Waals surface area (Å²) in [6.07, 6.45) is 1.35. The van der Waals surface area contributed by atoms with Crippen LogP contribution in [0.2, 0.25) is 0 Å². The van der Waals surface area contributed by atoms with Crippen molar-refractivity contribution in [1.29, 1.82) is 0 Å². The van der Waals surface area contributed by atoms with Gasteiger partial charge in [0, 0.05) is 23.1 Å². The van der Waals surface area contributed by atoms with Gasteiger partial charge < -0.3 is 0 Å². The highest BCUT2D eigenvalue weighted by Gasteiger charge is 2.11. The second-order valence-corrected chi connectivity index (χ2v) is 5.66. The largest absolute Gasteiger partial charge is 0.294 e. The number of para-hydroxylation sites is 1. The lowest BCUT2D eigenvalue weighted by atomic mass is 10.00. The highest BCUT2D eigenvalue weighted by Crippen LogP contribution is 2.20. The minimum atomic E-state index is 0.193. The van der Waals surface area contributed by atoms with E-state index >= 15 is 0 Å². The van der Waals surface area contributed by atoms with E-state index in [4.69, 9.17) is 0 Å². The summed E-state index contributed by atoms with van der Waals surface area (Å²) in [4.78, 5) is 17.0. The molecule has 20 heavy (non-hydrogen) atoms. The molecule has 0 aliphatic carbocycles. The predicted octanol–water partition coefficient (Wildman–Crippen LogP) is 4.42. The molecule has 100 valence electrons. The van der Waals surface area contributed by atoms with Crippen LogP contribution in [0.25, 0.3) is 10.9 Å². The molecule has 1 aromatic carbocycles. The molecule has 0 fully saturated rings.